The van der Waals surface area contributed by atoms with E-state index in [0.717, 1.165) is 17.7 Å². The second-order valence-electron chi connectivity index (χ2n) is 7.98. The van der Waals surface area contributed by atoms with E-state index < -0.39 is 36.6 Å². The maximum Gasteiger partial charge on any atom is 0.493 e. The van der Waals surface area contributed by atoms with Crippen molar-refractivity contribution in [2.24, 2.45) is 0 Å². The third-order valence-electron chi connectivity index (χ3n) is 5.15. The van der Waals surface area contributed by atoms with Crippen LogP contribution < -0.4 is 10.4 Å². The summed E-state index contributed by atoms with van der Waals surface area (Å²) in [4.78, 5) is 32.2. The van der Waals surface area contributed by atoms with Crippen LogP contribution in [-0.2, 0) is 9.63 Å². The standard InChI is InChI=1S/C23H15ClF6N6O3/c1-12-7-17(24)33-34-19(12)14-5-6-35-16(10-31-18(35)9-14)13-3-2-4-15(8-13)36(39-20(37)23(28,29)30)21(38)32-11-22(25,26)27/h2-10H,11H2,1H3,(H,32,38). The Bertz CT molecular complexity index is 1560. The van der Waals surface area contributed by atoms with Crippen molar-refractivity contribution in [2.75, 3.05) is 11.6 Å². The predicted octanol–water partition coefficient (Wildman–Crippen LogP) is 5.52. The Kier molecular flexibility index (Phi) is 7.37. The van der Waals surface area contributed by atoms with Crippen molar-refractivity contribution >= 4 is 34.9 Å². The summed E-state index contributed by atoms with van der Waals surface area (Å²) in [5.74, 6) is -2.81. The van der Waals surface area contributed by atoms with Crippen LogP contribution in [0.15, 0.2) is 54.9 Å². The number of hydrogen-bond donors (Lipinski definition) is 1. The quantitative estimate of drug-likeness (QED) is 0.255. The highest BCUT2D eigenvalue weighted by molar-refractivity contribution is 6.29. The Balaban J connectivity index is 1.69. The molecule has 4 rings (SSSR count). The summed E-state index contributed by atoms with van der Waals surface area (Å²) in [6.07, 6.45) is -7.34. The minimum atomic E-state index is -5.52. The van der Waals surface area contributed by atoms with Crippen molar-refractivity contribution in [3.8, 4) is 22.5 Å². The van der Waals surface area contributed by atoms with Crippen LogP contribution in [0, 0.1) is 6.92 Å². The number of nitrogens with one attached hydrogen (secondary N) is 1. The molecule has 0 saturated heterocycles. The van der Waals surface area contributed by atoms with E-state index in [0.29, 0.717) is 22.6 Å². The zero-order chi connectivity index (χ0) is 28.5. The van der Waals surface area contributed by atoms with Crippen LogP contribution in [0.5, 0.6) is 0 Å². The van der Waals surface area contributed by atoms with Gasteiger partial charge in [0.2, 0.25) is 0 Å². The lowest BCUT2D eigenvalue weighted by atomic mass is 10.1. The molecule has 1 N–H and O–H groups in total. The molecule has 0 unspecified atom stereocenters. The molecule has 0 aliphatic rings. The van der Waals surface area contributed by atoms with Crippen LogP contribution in [0.4, 0.5) is 36.8 Å². The first-order valence-electron chi connectivity index (χ1n) is 10.7. The van der Waals surface area contributed by atoms with E-state index in [1.54, 1.807) is 35.7 Å². The fourth-order valence-corrected chi connectivity index (χ4v) is 3.67. The van der Waals surface area contributed by atoms with Crippen LogP contribution in [-0.4, -0.2) is 50.5 Å². The summed E-state index contributed by atoms with van der Waals surface area (Å²) in [7, 11) is 0. The van der Waals surface area contributed by atoms with E-state index in [9.17, 15) is 35.9 Å². The monoisotopic (exact) mass is 572 g/mol. The molecule has 0 bridgehead atoms. The first kappa shape index (κ1) is 27.6. The molecule has 0 fully saturated rings. The summed E-state index contributed by atoms with van der Waals surface area (Å²) in [6, 6.07) is 8.31. The van der Waals surface area contributed by atoms with Crippen molar-refractivity contribution in [1.29, 1.82) is 0 Å². The SMILES string of the molecule is Cc1cc(Cl)nnc1-c1ccn2c(-c3cccc(N(OC(=O)C(F)(F)F)C(=O)NCC(F)(F)F)c3)cnc2c1. The Morgan fingerprint density at radius 1 is 1.05 bits per heavy atom. The Hall–Kier alpha value is -4.40. The molecule has 204 valence electrons. The lowest BCUT2D eigenvalue weighted by molar-refractivity contribution is -0.199. The number of pyridine rings is 1. The van der Waals surface area contributed by atoms with E-state index >= 15 is 0 Å². The van der Waals surface area contributed by atoms with E-state index in [4.69, 9.17) is 11.6 Å². The average molecular weight is 573 g/mol. The molecule has 0 spiro atoms. The van der Waals surface area contributed by atoms with Gasteiger partial charge in [-0.1, -0.05) is 23.7 Å². The lowest BCUT2D eigenvalue weighted by Gasteiger charge is -2.22. The zero-order valence-electron chi connectivity index (χ0n) is 19.5. The number of anilines is 1. The van der Waals surface area contributed by atoms with Gasteiger partial charge in [0.05, 0.1) is 23.3 Å². The largest absolute Gasteiger partial charge is 0.493 e. The smallest absolute Gasteiger partial charge is 0.326 e. The van der Waals surface area contributed by atoms with Gasteiger partial charge in [-0.05, 0) is 42.8 Å². The van der Waals surface area contributed by atoms with Crippen LogP contribution in [0.3, 0.4) is 0 Å². The number of amides is 2. The molecule has 0 saturated carbocycles. The van der Waals surface area contributed by atoms with E-state index in [-0.39, 0.29) is 15.8 Å². The van der Waals surface area contributed by atoms with Crippen LogP contribution in [0.2, 0.25) is 5.15 Å². The third kappa shape index (κ3) is 6.37. The third-order valence-corrected chi connectivity index (χ3v) is 5.33. The molecule has 1 aromatic carbocycles. The summed E-state index contributed by atoms with van der Waals surface area (Å²) < 4.78 is 77.7. The second-order valence-corrected chi connectivity index (χ2v) is 8.37. The van der Waals surface area contributed by atoms with Gasteiger partial charge in [-0.3, -0.25) is 4.40 Å². The van der Waals surface area contributed by atoms with Gasteiger partial charge in [-0.2, -0.15) is 26.3 Å². The van der Waals surface area contributed by atoms with Gasteiger partial charge in [0.25, 0.3) is 0 Å². The number of benzene rings is 1. The minimum absolute atomic E-state index is 0.200. The number of rotatable bonds is 4. The number of carbonyl (C=O) groups excluding carboxylic acids is 2. The van der Waals surface area contributed by atoms with E-state index in [2.05, 4.69) is 20.0 Å². The summed E-state index contributed by atoms with van der Waals surface area (Å²) in [6.45, 7) is -0.0799. The minimum Gasteiger partial charge on any atom is -0.326 e. The number of carbonyl (C=O) groups is 2. The average Bonchev–Trinajstić information content (AvgIpc) is 3.28. The molecule has 39 heavy (non-hydrogen) atoms. The zero-order valence-corrected chi connectivity index (χ0v) is 20.3. The number of nitrogens with zero attached hydrogens (tertiary/aromatic N) is 5. The molecule has 0 aliphatic carbocycles. The molecule has 3 heterocycles. The summed E-state index contributed by atoms with van der Waals surface area (Å²) >= 11 is 5.86. The first-order valence-corrected chi connectivity index (χ1v) is 11.1. The molecular formula is C23H15ClF6N6O3. The topological polar surface area (TPSA) is 102 Å². The number of aryl methyl sites for hydroxylation is 1. The van der Waals surface area contributed by atoms with E-state index in [1.165, 1.54) is 23.6 Å². The van der Waals surface area contributed by atoms with Gasteiger partial charge in [-0.15, -0.1) is 15.3 Å². The van der Waals surface area contributed by atoms with Gasteiger partial charge in [-0.25, -0.2) is 14.6 Å². The fraction of sp³-hybridized carbons (Fsp3) is 0.174. The maximum atomic E-state index is 12.8. The molecule has 9 nitrogen and oxygen atoms in total. The van der Waals surface area contributed by atoms with Gasteiger partial charge in [0, 0.05) is 17.3 Å². The van der Waals surface area contributed by atoms with Crippen molar-refractivity contribution in [1.82, 2.24) is 24.9 Å². The first-order chi connectivity index (χ1) is 18.2. The molecule has 0 aliphatic heterocycles. The Morgan fingerprint density at radius 3 is 2.46 bits per heavy atom. The van der Waals surface area contributed by atoms with Crippen LogP contribution in [0.25, 0.3) is 28.2 Å². The van der Waals surface area contributed by atoms with Gasteiger partial charge < -0.3 is 10.2 Å². The highest BCUT2D eigenvalue weighted by Crippen LogP contribution is 2.29. The van der Waals surface area contributed by atoms with Crippen molar-refractivity contribution < 1.29 is 40.8 Å². The second kappa shape index (κ2) is 10.4. The molecular weight excluding hydrogens is 558 g/mol. The number of fused-ring (bicyclic) bond motifs is 1. The maximum absolute atomic E-state index is 12.8. The van der Waals surface area contributed by atoms with Crippen molar-refractivity contribution in [3.63, 3.8) is 0 Å². The predicted molar refractivity (Wildman–Crippen MR) is 125 cm³/mol. The van der Waals surface area contributed by atoms with Crippen LogP contribution in [0.1, 0.15) is 5.56 Å². The molecule has 2 amide bonds. The van der Waals surface area contributed by atoms with Crippen molar-refractivity contribution in [2.45, 2.75) is 19.3 Å². The number of hydroxylamine groups is 1. The summed E-state index contributed by atoms with van der Waals surface area (Å²) in [5, 5.41) is 9.31. The lowest BCUT2D eigenvalue weighted by Crippen LogP contribution is -2.46. The van der Waals surface area contributed by atoms with E-state index in [1.807, 2.05) is 0 Å². The normalized spacial score (nSPS) is 11.9. The number of hydrogen-bond acceptors (Lipinski definition) is 6. The summed E-state index contributed by atoms with van der Waals surface area (Å²) in [5.41, 5.74) is 2.65. The number of imidazole rings is 1. The Morgan fingerprint density at radius 2 is 1.79 bits per heavy atom. The Labute approximate surface area is 219 Å². The molecule has 4 aromatic rings. The van der Waals surface area contributed by atoms with Crippen molar-refractivity contribution in [3.05, 3.63) is 65.6 Å². The van der Waals surface area contributed by atoms with Gasteiger partial charge >= 0.3 is 24.4 Å². The fourth-order valence-electron chi connectivity index (χ4n) is 3.46. The number of aromatic nitrogens is 4. The molecule has 0 radical (unpaired) electrons. The molecule has 16 heteroatoms. The van der Waals surface area contributed by atoms with Crippen LogP contribution >= 0.6 is 11.6 Å². The number of urea groups is 1. The molecule has 0 atom stereocenters. The number of halogens is 7. The highest BCUT2D eigenvalue weighted by atomic mass is 35.5. The van der Waals surface area contributed by atoms with Gasteiger partial charge in [0.1, 0.15) is 12.2 Å². The highest BCUT2D eigenvalue weighted by Gasteiger charge is 2.44. The van der Waals surface area contributed by atoms with Gasteiger partial charge in [0.15, 0.2) is 5.15 Å². The molecule has 3 aromatic heterocycles. The number of alkyl halides is 6.